The maximum Gasteiger partial charge on any atom is 0.225 e. The van der Waals surface area contributed by atoms with Gasteiger partial charge in [0.1, 0.15) is 0 Å². The van der Waals surface area contributed by atoms with Gasteiger partial charge in [-0.3, -0.25) is 9.69 Å². The number of nitrogens with two attached hydrogens (primary N) is 1. The summed E-state index contributed by atoms with van der Waals surface area (Å²) in [5.74, 6) is 0.772. The third kappa shape index (κ3) is 2.92. The molecule has 2 fully saturated rings. The first kappa shape index (κ1) is 10.9. The Hall–Kier alpha value is -0.610. The zero-order valence-corrected chi connectivity index (χ0v) is 9.32. The average Bonchev–Trinajstić information content (AvgIpc) is 3.10. The van der Waals surface area contributed by atoms with Gasteiger partial charge in [-0.15, -0.1) is 0 Å². The van der Waals surface area contributed by atoms with Gasteiger partial charge >= 0.3 is 0 Å². The van der Waals surface area contributed by atoms with Crippen molar-refractivity contribution in [1.82, 2.24) is 9.80 Å². The predicted octanol–water partition coefficient (Wildman–Crippen LogP) is -0.111. The van der Waals surface area contributed by atoms with Gasteiger partial charge < -0.3 is 10.6 Å². The van der Waals surface area contributed by atoms with E-state index < -0.39 is 0 Å². The Bertz CT molecular complexity index is 220. The second kappa shape index (κ2) is 4.94. The monoisotopic (exact) mass is 211 g/mol. The molecule has 15 heavy (non-hydrogen) atoms. The van der Waals surface area contributed by atoms with Gasteiger partial charge in [0, 0.05) is 32.1 Å². The molecule has 4 nitrogen and oxygen atoms in total. The highest BCUT2D eigenvalue weighted by Gasteiger charge is 2.34. The van der Waals surface area contributed by atoms with Gasteiger partial charge in [0.05, 0.1) is 0 Å². The van der Waals surface area contributed by atoms with Crippen LogP contribution in [0.25, 0.3) is 0 Å². The normalized spacial score (nSPS) is 23.1. The smallest absolute Gasteiger partial charge is 0.225 e. The van der Waals surface area contributed by atoms with E-state index >= 15 is 0 Å². The number of amides is 1. The van der Waals surface area contributed by atoms with Crippen LogP contribution in [0.5, 0.6) is 0 Å². The van der Waals surface area contributed by atoms with Crippen molar-refractivity contribution in [3.05, 3.63) is 0 Å². The van der Waals surface area contributed by atoms with Crippen molar-refractivity contribution in [2.45, 2.75) is 19.3 Å². The summed E-state index contributed by atoms with van der Waals surface area (Å²) in [5.41, 5.74) is 5.48. The molecule has 2 aliphatic rings. The second-order valence-corrected chi connectivity index (χ2v) is 4.58. The van der Waals surface area contributed by atoms with Crippen LogP contribution in [-0.2, 0) is 4.79 Å². The van der Waals surface area contributed by atoms with Gasteiger partial charge in [-0.2, -0.15) is 0 Å². The summed E-state index contributed by atoms with van der Waals surface area (Å²) < 4.78 is 0. The molecule has 1 saturated heterocycles. The van der Waals surface area contributed by atoms with Crippen LogP contribution in [0.4, 0.5) is 0 Å². The average molecular weight is 211 g/mol. The van der Waals surface area contributed by atoms with Crippen LogP contribution in [0.3, 0.4) is 0 Å². The topological polar surface area (TPSA) is 49.6 Å². The lowest BCUT2D eigenvalue weighted by Crippen LogP contribution is -2.49. The molecule has 86 valence electrons. The fraction of sp³-hybridized carbons (Fsp3) is 0.909. The Balaban J connectivity index is 1.69. The van der Waals surface area contributed by atoms with Crippen LogP contribution >= 0.6 is 0 Å². The predicted molar refractivity (Wildman–Crippen MR) is 59.4 cm³/mol. The van der Waals surface area contributed by atoms with Crippen LogP contribution in [-0.4, -0.2) is 55.0 Å². The van der Waals surface area contributed by atoms with Crippen LogP contribution in [0.1, 0.15) is 19.3 Å². The minimum Gasteiger partial charge on any atom is -0.340 e. The number of rotatable bonds is 4. The highest BCUT2D eigenvalue weighted by Crippen LogP contribution is 2.31. The molecule has 0 atom stereocenters. The summed E-state index contributed by atoms with van der Waals surface area (Å²) in [5, 5.41) is 0. The van der Waals surface area contributed by atoms with Crippen molar-refractivity contribution in [2.75, 3.05) is 39.3 Å². The maximum atomic E-state index is 11.8. The van der Waals surface area contributed by atoms with Crippen molar-refractivity contribution in [1.29, 1.82) is 0 Å². The zero-order valence-electron chi connectivity index (χ0n) is 9.32. The summed E-state index contributed by atoms with van der Waals surface area (Å²) in [6.07, 6.45) is 3.30. The molecule has 1 saturated carbocycles. The summed E-state index contributed by atoms with van der Waals surface area (Å²) in [7, 11) is 0. The molecule has 1 aliphatic carbocycles. The first-order valence-electron chi connectivity index (χ1n) is 6.02. The molecule has 0 unspecified atom stereocenters. The molecule has 2 N–H and O–H groups in total. The van der Waals surface area contributed by atoms with Crippen molar-refractivity contribution >= 4 is 5.91 Å². The quantitative estimate of drug-likeness (QED) is 0.706. The molecule has 1 aliphatic heterocycles. The maximum absolute atomic E-state index is 11.8. The summed E-state index contributed by atoms with van der Waals surface area (Å²) >= 11 is 0. The van der Waals surface area contributed by atoms with E-state index in [0.717, 1.165) is 58.5 Å². The van der Waals surface area contributed by atoms with E-state index in [4.69, 9.17) is 5.73 Å². The van der Waals surface area contributed by atoms with E-state index in [0.29, 0.717) is 11.8 Å². The molecule has 2 rings (SSSR count). The number of nitrogens with zero attached hydrogens (tertiary/aromatic N) is 2. The van der Waals surface area contributed by atoms with E-state index in [1.165, 1.54) is 0 Å². The molecule has 0 radical (unpaired) electrons. The van der Waals surface area contributed by atoms with Gasteiger partial charge in [-0.1, -0.05) is 0 Å². The van der Waals surface area contributed by atoms with Crippen molar-refractivity contribution < 1.29 is 4.79 Å². The van der Waals surface area contributed by atoms with Crippen molar-refractivity contribution in [3.8, 4) is 0 Å². The fourth-order valence-electron chi connectivity index (χ4n) is 2.10. The molecule has 0 spiro atoms. The first-order chi connectivity index (χ1) is 7.31. The molecular weight excluding hydrogens is 190 g/mol. The minimum atomic E-state index is 0.376. The molecule has 4 heteroatoms. The van der Waals surface area contributed by atoms with Crippen molar-refractivity contribution in [2.24, 2.45) is 11.7 Å². The van der Waals surface area contributed by atoms with E-state index in [2.05, 4.69) is 4.90 Å². The number of carbonyl (C=O) groups excluding carboxylic acids is 1. The van der Waals surface area contributed by atoms with Gasteiger partial charge in [0.2, 0.25) is 5.91 Å². The molecule has 0 aromatic carbocycles. The van der Waals surface area contributed by atoms with Gasteiger partial charge in [0.25, 0.3) is 0 Å². The number of hydrogen-bond acceptors (Lipinski definition) is 3. The highest BCUT2D eigenvalue weighted by molar-refractivity contribution is 5.81. The SMILES string of the molecule is NCCCN1CCN(C(=O)C2CC2)CC1. The lowest BCUT2D eigenvalue weighted by Gasteiger charge is -2.34. The molecule has 1 amide bonds. The number of piperazine rings is 1. The van der Waals surface area contributed by atoms with Gasteiger partial charge in [0.15, 0.2) is 0 Å². The highest BCUT2D eigenvalue weighted by atomic mass is 16.2. The number of carbonyl (C=O) groups is 1. The van der Waals surface area contributed by atoms with Gasteiger partial charge in [-0.25, -0.2) is 0 Å². The molecule has 0 bridgehead atoms. The largest absolute Gasteiger partial charge is 0.340 e. The van der Waals surface area contributed by atoms with E-state index in [1.54, 1.807) is 0 Å². The summed E-state index contributed by atoms with van der Waals surface area (Å²) in [6, 6.07) is 0. The number of hydrogen-bond donors (Lipinski definition) is 1. The molecule has 0 aromatic heterocycles. The van der Waals surface area contributed by atoms with Crippen LogP contribution in [0.15, 0.2) is 0 Å². The molecule has 0 aromatic rings. The van der Waals surface area contributed by atoms with Crippen LogP contribution in [0.2, 0.25) is 0 Å². The third-order valence-electron chi connectivity index (χ3n) is 3.29. The van der Waals surface area contributed by atoms with Crippen LogP contribution < -0.4 is 5.73 Å². The summed E-state index contributed by atoms with van der Waals surface area (Å²) in [4.78, 5) is 16.2. The van der Waals surface area contributed by atoms with E-state index in [-0.39, 0.29) is 0 Å². The Morgan fingerprint density at radius 3 is 2.40 bits per heavy atom. The Morgan fingerprint density at radius 1 is 1.20 bits per heavy atom. The summed E-state index contributed by atoms with van der Waals surface area (Å²) in [6.45, 7) is 5.74. The Morgan fingerprint density at radius 2 is 1.87 bits per heavy atom. The minimum absolute atomic E-state index is 0.376. The van der Waals surface area contributed by atoms with Crippen molar-refractivity contribution in [3.63, 3.8) is 0 Å². The van der Waals surface area contributed by atoms with Crippen LogP contribution in [0, 0.1) is 5.92 Å². The molecule has 1 heterocycles. The Kier molecular flexibility index (Phi) is 3.59. The standard InChI is InChI=1S/C11H21N3O/c12-4-1-5-13-6-8-14(9-7-13)11(15)10-2-3-10/h10H,1-9,12H2. The molecular formula is C11H21N3O. The van der Waals surface area contributed by atoms with Gasteiger partial charge in [-0.05, 0) is 32.4 Å². The zero-order chi connectivity index (χ0) is 10.7. The third-order valence-corrected chi connectivity index (χ3v) is 3.29. The fourth-order valence-corrected chi connectivity index (χ4v) is 2.10. The second-order valence-electron chi connectivity index (χ2n) is 4.58. The Labute approximate surface area is 91.4 Å². The lowest BCUT2D eigenvalue weighted by atomic mass is 10.2. The first-order valence-corrected chi connectivity index (χ1v) is 6.02. The van der Waals surface area contributed by atoms with E-state index in [1.807, 2.05) is 4.90 Å². The van der Waals surface area contributed by atoms with E-state index in [9.17, 15) is 4.79 Å². The lowest BCUT2D eigenvalue weighted by molar-refractivity contribution is -0.134.